The average Bonchev–Trinajstić information content (AvgIpc) is 2.41. The van der Waals surface area contributed by atoms with Gasteiger partial charge in [0.05, 0.1) is 4.47 Å². The fourth-order valence-corrected chi connectivity index (χ4v) is 2.19. The SMILES string of the molecule is CC(=O)Nc1ccc(C(=O)c2cccc(F)c2Br)cc1. The molecule has 0 fully saturated rings. The van der Waals surface area contributed by atoms with E-state index in [1.165, 1.54) is 19.1 Å². The molecule has 0 aliphatic carbocycles. The third kappa shape index (κ3) is 3.11. The highest BCUT2D eigenvalue weighted by atomic mass is 79.9. The molecule has 0 heterocycles. The largest absolute Gasteiger partial charge is 0.326 e. The van der Waals surface area contributed by atoms with Crippen molar-refractivity contribution in [2.24, 2.45) is 0 Å². The lowest BCUT2D eigenvalue weighted by molar-refractivity contribution is -0.114. The fraction of sp³-hybridized carbons (Fsp3) is 0.0667. The number of anilines is 1. The van der Waals surface area contributed by atoms with Gasteiger partial charge in [-0.3, -0.25) is 9.59 Å². The highest BCUT2D eigenvalue weighted by molar-refractivity contribution is 9.10. The van der Waals surface area contributed by atoms with Crippen molar-refractivity contribution in [3.05, 3.63) is 63.9 Å². The Morgan fingerprint density at radius 3 is 2.35 bits per heavy atom. The molecular weight excluding hydrogens is 325 g/mol. The van der Waals surface area contributed by atoms with Crippen LogP contribution < -0.4 is 5.32 Å². The quantitative estimate of drug-likeness (QED) is 0.867. The highest BCUT2D eigenvalue weighted by Gasteiger charge is 2.14. The second kappa shape index (κ2) is 5.96. The number of nitrogens with one attached hydrogen (secondary N) is 1. The molecule has 2 aromatic rings. The predicted octanol–water partition coefficient (Wildman–Crippen LogP) is 3.78. The Bertz CT molecular complexity index is 668. The van der Waals surface area contributed by atoms with E-state index >= 15 is 0 Å². The van der Waals surface area contributed by atoms with E-state index in [4.69, 9.17) is 0 Å². The van der Waals surface area contributed by atoms with E-state index in [1.807, 2.05) is 0 Å². The summed E-state index contributed by atoms with van der Waals surface area (Å²) in [4.78, 5) is 23.2. The van der Waals surface area contributed by atoms with Crippen molar-refractivity contribution >= 4 is 33.3 Å². The van der Waals surface area contributed by atoms with Crippen LogP contribution in [0.1, 0.15) is 22.8 Å². The molecule has 0 aliphatic rings. The van der Waals surface area contributed by atoms with Crippen LogP contribution in [0.25, 0.3) is 0 Å². The molecule has 20 heavy (non-hydrogen) atoms. The maximum absolute atomic E-state index is 13.4. The van der Waals surface area contributed by atoms with E-state index < -0.39 is 5.82 Å². The molecule has 0 unspecified atom stereocenters. The van der Waals surface area contributed by atoms with Crippen LogP contribution in [0.4, 0.5) is 10.1 Å². The number of hydrogen-bond acceptors (Lipinski definition) is 2. The van der Waals surface area contributed by atoms with E-state index in [0.29, 0.717) is 11.3 Å². The Morgan fingerprint density at radius 1 is 1.10 bits per heavy atom. The smallest absolute Gasteiger partial charge is 0.221 e. The second-order valence-electron chi connectivity index (χ2n) is 4.19. The normalized spacial score (nSPS) is 10.2. The molecule has 5 heteroatoms. The van der Waals surface area contributed by atoms with E-state index in [1.54, 1.807) is 30.3 Å². The van der Waals surface area contributed by atoms with Crippen molar-refractivity contribution in [3.8, 4) is 0 Å². The Hall–Kier alpha value is -2.01. The Balaban J connectivity index is 2.29. The van der Waals surface area contributed by atoms with Gasteiger partial charge in [-0.05, 0) is 52.3 Å². The summed E-state index contributed by atoms with van der Waals surface area (Å²) < 4.78 is 13.6. The zero-order valence-electron chi connectivity index (χ0n) is 10.6. The average molecular weight is 336 g/mol. The van der Waals surface area contributed by atoms with Crippen LogP contribution >= 0.6 is 15.9 Å². The summed E-state index contributed by atoms with van der Waals surface area (Å²) in [5.41, 5.74) is 1.29. The Kier molecular flexibility index (Phi) is 4.29. The zero-order valence-corrected chi connectivity index (χ0v) is 12.2. The first-order chi connectivity index (χ1) is 9.49. The molecule has 0 spiro atoms. The van der Waals surface area contributed by atoms with Crippen LogP contribution in [0, 0.1) is 5.82 Å². The van der Waals surface area contributed by atoms with E-state index in [9.17, 15) is 14.0 Å². The number of hydrogen-bond donors (Lipinski definition) is 1. The monoisotopic (exact) mass is 335 g/mol. The summed E-state index contributed by atoms with van der Waals surface area (Å²) in [6, 6.07) is 10.7. The molecule has 0 aliphatic heterocycles. The summed E-state index contributed by atoms with van der Waals surface area (Å²) in [6.07, 6.45) is 0. The van der Waals surface area contributed by atoms with E-state index in [-0.39, 0.29) is 21.7 Å². The van der Waals surface area contributed by atoms with Crippen molar-refractivity contribution < 1.29 is 14.0 Å². The van der Waals surface area contributed by atoms with Crippen molar-refractivity contribution in [2.45, 2.75) is 6.92 Å². The summed E-state index contributed by atoms with van der Waals surface area (Å²) in [5.74, 6) is -0.951. The number of carbonyl (C=O) groups is 2. The Morgan fingerprint density at radius 2 is 1.75 bits per heavy atom. The van der Waals surface area contributed by atoms with Crippen LogP contribution in [0.2, 0.25) is 0 Å². The minimum absolute atomic E-state index is 0.149. The second-order valence-corrected chi connectivity index (χ2v) is 4.98. The minimum atomic E-state index is -0.481. The third-order valence-electron chi connectivity index (χ3n) is 2.66. The van der Waals surface area contributed by atoms with Gasteiger partial charge < -0.3 is 5.32 Å². The molecule has 0 radical (unpaired) electrons. The lowest BCUT2D eigenvalue weighted by atomic mass is 10.0. The van der Waals surface area contributed by atoms with Gasteiger partial charge in [-0.15, -0.1) is 0 Å². The van der Waals surface area contributed by atoms with Crippen molar-refractivity contribution in [2.75, 3.05) is 5.32 Å². The van der Waals surface area contributed by atoms with Crippen molar-refractivity contribution in [3.63, 3.8) is 0 Å². The van der Waals surface area contributed by atoms with Gasteiger partial charge >= 0.3 is 0 Å². The van der Waals surface area contributed by atoms with Crippen LogP contribution in [-0.2, 0) is 4.79 Å². The number of benzene rings is 2. The topological polar surface area (TPSA) is 46.2 Å². The molecule has 1 amide bonds. The molecule has 0 aromatic heterocycles. The van der Waals surface area contributed by atoms with Gasteiger partial charge in [0.1, 0.15) is 5.82 Å². The van der Waals surface area contributed by atoms with Crippen molar-refractivity contribution in [1.82, 2.24) is 0 Å². The number of carbonyl (C=O) groups excluding carboxylic acids is 2. The lowest BCUT2D eigenvalue weighted by Gasteiger charge is -2.06. The predicted molar refractivity (Wildman–Crippen MR) is 78.3 cm³/mol. The van der Waals surface area contributed by atoms with Gasteiger partial charge in [0.2, 0.25) is 5.91 Å². The first kappa shape index (κ1) is 14.4. The first-order valence-corrected chi connectivity index (χ1v) is 6.64. The number of ketones is 1. The number of rotatable bonds is 3. The third-order valence-corrected chi connectivity index (χ3v) is 3.47. The van der Waals surface area contributed by atoms with Crippen LogP contribution in [-0.4, -0.2) is 11.7 Å². The van der Waals surface area contributed by atoms with E-state index in [0.717, 1.165) is 0 Å². The molecule has 3 nitrogen and oxygen atoms in total. The molecule has 2 rings (SSSR count). The molecule has 0 bridgehead atoms. The molecule has 102 valence electrons. The van der Waals surface area contributed by atoms with Gasteiger partial charge in [-0.2, -0.15) is 0 Å². The van der Waals surface area contributed by atoms with Gasteiger partial charge in [0.25, 0.3) is 0 Å². The summed E-state index contributed by atoms with van der Waals surface area (Å²) >= 11 is 3.07. The molecule has 2 aromatic carbocycles. The maximum Gasteiger partial charge on any atom is 0.221 e. The van der Waals surface area contributed by atoms with Crippen LogP contribution in [0.3, 0.4) is 0 Å². The Labute approximate surface area is 123 Å². The number of amides is 1. The van der Waals surface area contributed by atoms with Gasteiger partial charge in [0.15, 0.2) is 5.78 Å². The van der Waals surface area contributed by atoms with Gasteiger partial charge in [0, 0.05) is 23.7 Å². The number of halogens is 2. The molecule has 0 atom stereocenters. The summed E-state index contributed by atoms with van der Waals surface area (Å²) in [6.45, 7) is 1.41. The standard InChI is InChI=1S/C15H11BrFNO2/c1-9(19)18-11-7-5-10(6-8-11)15(20)12-3-2-4-13(17)14(12)16/h2-8H,1H3,(H,18,19). The van der Waals surface area contributed by atoms with Crippen LogP contribution in [0.5, 0.6) is 0 Å². The minimum Gasteiger partial charge on any atom is -0.326 e. The highest BCUT2D eigenvalue weighted by Crippen LogP contribution is 2.23. The lowest BCUT2D eigenvalue weighted by Crippen LogP contribution is -2.07. The molecule has 0 saturated carbocycles. The van der Waals surface area contributed by atoms with Crippen LogP contribution in [0.15, 0.2) is 46.9 Å². The molecular formula is C15H11BrFNO2. The maximum atomic E-state index is 13.4. The fourth-order valence-electron chi connectivity index (χ4n) is 1.74. The zero-order chi connectivity index (χ0) is 14.7. The van der Waals surface area contributed by atoms with E-state index in [2.05, 4.69) is 21.2 Å². The first-order valence-electron chi connectivity index (χ1n) is 5.85. The van der Waals surface area contributed by atoms with Gasteiger partial charge in [-0.25, -0.2) is 4.39 Å². The summed E-state index contributed by atoms with van der Waals surface area (Å²) in [5, 5.41) is 2.61. The van der Waals surface area contributed by atoms with Crippen molar-refractivity contribution in [1.29, 1.82) is 0 Å². The molecule has 0 saturated heterocycles. The summed E-state index contributed by atoms with van der Waals surface area (Å²) in [7, 11) is 0. The van der Waals surface area contributed by atoms with Gasteiger partial charge in [-0.1, -0.05) is 6.07 Å². The molecule has 1 N–H and O–H groups in total.